The molecule has 0 N–H and O–H groups in total. The summed E-state index contributed by atoms with van der Waals surface area (Å²) in [5.74, 6) is 1.25. The number of pyridine rings is 2. The molecule has 0 unspecified atom stereocenters. The van der Waals surface area contributed by atoms with Crippen LogP contribution in [0.1, 0.15) is 102 Å². The van der Waals surface area contributed by atoms with Crippen LogP contribution in [0.5, 0.6) is 0 Å². The smallest absolute Gasteiger partial charge is 0.370 e. The number of anilines is 2. The third kappa shape index (κ3) is 8.86. The van der Waals surface area contributed by atoms with Crippen LogP contribution in [0, 0.1) is 10.8 Å². The van der Waals surface area contributed by atoms with E-state index in [-0.39, 0.29) is 0 Å². The largest absolute Gasteiger partial charge is 0.411 e. The van der Waals surface area contributed by atoms with Crippen LogP contribution in [0.4, 0.5) is 11.4 Å². The second kappa shape index (κ2) is 16.6. The summed E-state index contributed by atoms with van der Waals surface area (Å²) < 4.78 is 16.1. The summed E-state index contributed by atoms with van der Waals surface area (Å²) in [5.41, 5.74) is 11.1. The molecule has 2 aliphatic rings. The molecule has 8 rings (SSSR count). The van der Waals surface area contributed by atoms with E-state index in [1.165, 1.54) is 61.0 Å². The highest BCUT2D eigenvalue weighted by molar-refractivity contribution is 5.95. The van der Waals surface area contributed by atoms with Crippen molar-refractivity contribution in [2.24, 2.45) is 24.9 Å². The quantitative estimate of drug-likeness (QED) is 0.0765. The fourth-order valence-electron chi connectivity index (χ4n) is 8.62. The summed E-state index contributed by atoms with van der Waals surface area (Å²) in [7, 11) is 3.98. The van der Waals surface area contributed by atoms with E-state index in [0.29, 0.717) is 22.6 Å². The predicted molar refractivity (Wildman–Crippen MR) is 236 cm³/mol. The molecular weight excluding hydrogens is 717 g/mol. The molecule has 0 spiro atoms. The van der Waals surface area contributed by atoms with Gasteiger partial charge in [0.05, 0.1) is 26.5 Å². The van der Waals surface area contributed by atoms with Crippen molar-refractivity contribution in [1.29, 1.82) is 0 Å². The van der Waals surface area contributed by atoms with Crippen molar-refractivity contribution >= 4 is 57.1 Å². The summed E-state index contributed by atoms with van der Waals surface area (Å²) in [4.78, 5) is 14.3. The van der Waals surface area contributed by atoms with Gasteiger partial charge in [0.15, 0.2) is 0 Å². The van der Waals surface area contributed by atoms with Gasteiger partial charge in [0.1, 0.15) is 0 Å². The number of fused-ring (bicyclic) bond motifs is 4. The van der Waals surface area contributed by atoms with Crippen LogP contribution in [-0.2, 0) is 14.1 Å². The summed E-state index contributed by atoms with van der Waals surface area (Å²) in [6.45, 7) is 11.9. The van der Waals surface area contributed by atoms with E-state index >= 15 is 0 Å². The van der Waals surface area contributed by atoms with Gasteiger partial charge in [0.2, 0.25) is 11.2 Å². The summed E-state index contributed by atoms with van der Waals surface area (Å²) in [6.07, 6.45) is 26.7. The van der Waals surface area contributed by atoms with E-state index < -0.39 is 0 Å². The number of oxazole rings is 2. The Bertz CT molecular complexity index is 2530. The van der Waals surface area contributed by atoms with Crippen LogP contribution in [0.15, 0.2) is 119 Å². The maximum Gasteiger partial charge on any atom is 0.370 e. The normalized spacial score (nSPS) is 15.6. The minimum absolute atomic E-state index is 0.308. The molecular formula is C50H58N6O2+2. The van der Waals surface area contributed by atoms with Gasteiger partial charge in [-0.15, -0.1) is 0 Å². The Kier molecular flexibility index (Phi) is 11.2. The Morgan fingerprint density at radius 1 is 0.552 bits per heavy atom. The Morgan fingerprint density at radius 2 is 1.00 bits per heavy atom. The lowest BCUT2D eigenvalue weighted by molar-refractivity contribution is -0.646. The molecule has 8 heteroatoms. The van der Waals surface area contributed by atoms with Gasteiger partial charge in [-0.1, -0.05) is 76.9 Å². The summed E-state index contributed by atoms with van der Waals surface area (Å²) in [5, 5.41) is 0. The first kappa shape index (κ1) is 39.1. The monoisotopic (exact) mass is 774 g/mol. The van der Waals surface area contributed by atoms with E-state index in [1.54, 1.807) is 0 Å². The minimum atomic E-state index is 0.308. The van der Waals surface area contributed by atoms with E-state index in [4.69, 9.17) is 18.8 Å². The molecule has 0 aliphatic carbocycles. The van der Waals surface area contributed by atoms with E-state index in [2.05, 4.69) is 123 Å². The van der Waals surface area contributed by atoms with Crippen molar-refractivity contribution < 1.29 is 18.0 Å². The number of allylic oxidation sites excluding steroid dienone is 4. The van der Waals surface area contributed by atoms with Gasteiger partial charge in [-0.3, -0.25) is 0 Å². The van der Waals surface area contributed by atoms with Gasteiger partial charge < -0.3 is 18.6 Å². The van der Waals surface area contributed by atoms with Crippen LogP contribution >= 0.6 is 0 Å². The highest BCUT2D eigenvalue weighted by Gasteiger charge is 2.25. The third-order valence-electron chi connectivity index (χ3n) is 12.0. The lowest BCUT2D eigenvalue weighted by Crippen LogP contribution is -2.28. The van der Waals surface area contributed by atoms with Crippen molar-refractivity contribution in [3.8, 4) is 0 Å². The van der Waals surface area contributed by atoms with E-state index in [0.717, 1.165) is 59.5 Å². The van der Waals surface area contributed by atoms with E-state index in [1.807, 2.05) is 59.9 Å². The molecule has 58 heavy (non-hydrogen) atoms. The lowest BCUT2D eigenvalue weighted by atomic mass is 9.77. The number of aryl methyl sites for hydroxylation is 2. The zero-order valence-electron chi connectivity index (χ0n) is 35.1. The molecule has 6 heterocycles. The Balaban J connectivity index is 0.785. The van der Waals surface area contributed by atoms with Gasteiger partial charge in [0, 0.05) is 70.1 Å². The molecule has 0 saturated carbocycles. The molecule has 4 aromatic heterocycles. The van der Waals surface area contributed by atoms with Crippen LogP contribution in [0.25, 0.3) is 45.8 Å². The van der Waals surface area contributed by atoms with Crippen LogP contribution < -0.4 is 18.9 Å². The van der Waals surface area contributed by atoms with Gasteiger partial charge in [-0.05, 0) is 109 Å². The summed E-state index contributed by atoms with van der Waals surface area (Å²) >= 11 is 0. The molecule has 0 bridgehead atoms. The molecule has 2 aromatic carbocycles. The fraction of sp³-hybridized carbons (Fsp3) is 0.360. The molecule has 0 radical (unpaired) electrons. The topological polar surface area (TPSA) is 66.3 Å². The number of nitrogens with zero attached hydrogens (tertiary/aromatic N) is 6. The highest BCUT2D eigenvalue weighted by Crippen LogP contribution is 2.38. The third-order valence-corrected chi connectivity index (χ3v) is 12.0. The average Bonchev–Trinajstić information content (AvgIpc) is 3.83. The van der Waals surface area contributed by atoms with Crippen LogP contribution in [0.3, 0.4) is 0 Å². The average molecular weight is 775 g/mol. The number of para-hydroxylation sites is 2. The predicted octanol–water partition coefficient (Wildman–Crippen LogP) is 11.2. The SMILES string of the molecule is C[n+]1cccc2oc(/C=C3\C=CN(CCCCC(C)(C)CCCC(C)(C)CCCN4C=C/C(=C\c5nc6c(ccc[n+]6C)o5)c5ccccc54)c4ccccc43)nc21. The zero-order valence-corrected chi connectivity index (χ0v) is 35.1. The molecule has 298 valence electrons. The highest BCUT2D eigenvalue weighted by atomic mass is 16.4. The fourth-order valence-corrected chi connectivity index (χ4v) is 8.62. The summed E-state index contributed by atoms with van der Waals surface area (Å²) in [6, 6.07) is 25.2. The molecule has 2 aliphatic heterocycles. The standard InChI is InChI=1S/C50H58N6O2/c1-49(2,25-11-12-31-55-33-23-37(39-17-7-9-19-41(39)55)35-45-51-47-43(57-45)21-13-29-53(47)5)26-15-27-50(3,4)28-16-32-56-34-24-38(40-18-8-10-20-42(40)56)36-46-52-48-44(58-46)22-14-30-54(48)6/h7-10,13-14,17-24,29-30,33-36H,11-12,15-16,25-28,31-32H2,1-6H3/q+2. The Hall–Kier alpha value is -5.76. The first-order valence-corrected chi connectivity index (χ1v) is 21.0. The van der Waals surface area contributed by atoms with Gasteiger partial charge >= 0.3 is 23.1 Å². The van der Waals surface area contributed by atoms with E-state index in [9.17, 15) is 0 Å². The molecule has 0 atom stereocenters. The molecule has 0 amide bonds. The second-order valence-corrected chi connectivity index (χ2v) is 17.7. The lowest BCUT2D eigenvalue weighted by Gasteiger charge is -2.31. The zero-order chi connectivity index (χ0) is 40.3. The number of hydrogen-bond donors (Lipinski definition) is 0. The number of benzene rings is 2. The van der Waals surface area contributed by atoms with Crippen molar-refractivity contribution in [3.05, 3.63) is 133 Å². The van der Waals surface area contributed by atoms with Crippen molar-refractivity contribution in [2.45, 2.75) is 79.1 Å². The number of rotatable bonds is 15. The van der Waals surface area contributed by atoms with Gasteiger partial charge in [0.25, 0.3) is 0 Å². The number of aromatic nitrogens is 4. The number of hydrogen-bond acceptors (Lipinski definition) is 6. The first-order chi connectivity index (χ1) is 28.0. The van der Waals surface area contributed by atoms with Gasteiger partial charge in [-0.2, -0.15) is 0 Å². The Morgan fingerprint density at radius 3 is 1.50 bits per heavy atom. The second-order valence-electron chi connectivity index (χ2n) is 17.7. The molecule has 6 aromatic rings. The first-order valence-electron chi connectivity index (χ1n) is 21.0. The van der Waals surface area contributed by atoms with Crippen molar-refractivity contribution in [3.63, 3.8) is 0 Å². The maximum atomic E-state index is 6.07. The van der Waals surface area contributed by atoms with Crippen LogP contribution in [-0.4, -0.2) is 23.1 Å². The van der Waals surface area contributed by atoms with Crippen LogP contribution in [0.2, 0.25) is 0 Å². The van der Waals surface area contributed by atoms with Crippen molar-refractivity contribution in [2.75, 3.05) is 22.9 Å². The molecule has 8 nitrogen and oxygen atoms in total. The Labute approximate surface area is 343 Å². The minimum Gasteiger partial charge on any atom is -0.411 e. The molecule has 0 fully saturated rings. The van der Waals surface area contributed by atoms with Crippen molar-refractivity contribution in [1.82, 2.24) is 9.97 Å². The van der Waals surface area contributed by atoms with Gasteiger partial charge in [-0.25, -0.2) is 9.13 Å². The maximum absolute atomic E-state index is 6.07. The molecule has 0 saturated heterocycles. The number of unbranched alkanes of at least 4 members (excludes halogenated alkanes) is 1.